The van der Waals surface area contributed by atoms with Crippen LogP contribution in [0.4, 0.5) is 0 Å². The number of carbonyl (C=O) groups is 4. The fraction of sp³-hybridized carbons (Fsp3) is 0.222. The molecule has 0 aliphatic heterocycles. The van der Waals surface area contributed by atoms with Gasteiger partial charge in [0.25, 0.3) is 0 Å². The topological polar surface area (TPSA) is 68.3 Å². The number of rotatable bonds is 12. The van der Waals surface area contributed by atoms with E-state index in [1.807, 2.05) is 76.2 Å². The SMILES string of the molecule is CCc1ccccc1[C](=O)[Ge]([C](=O)c1ccccc1CC)([C](=O)c1ccccc1CC)[C](=O)c1ccccc1CC. The molecule has 4 aromatic carbocycles. The summed E-state index contributed by atoms with van der Waals surface area (Å²) in [6.07, 6.45) is 2.11. The molecule has 0 bridgehead atoms. The Bertz CT molecular complexity index is 1370. The second-order valence-electron chi connectivity index (χ2n) is 10.1. The molecule has 0 unspecified atom stereocenters. The van der Waals surface area contributed by atoms with Crippen LogP contribution >= 0.6 is 0 Å². The third kappa shape index (κ3) is 5.41. The third-order valence-corrected chi connectivity index (χ3v) is 15.9. The van der Waals surface area contributed by atoms with Gasteiger partial charge in [-0.25, -0.2) is 0 Å². The average molecular weight is 605 g/mol. The van der Waals surface area contributed by atoms with Crippen molar-refractivity contribution in [3.8, 4) is 0 Å². The Kier molecular flexibility index (Phi) is 9.66. The molecule has 0 aliphatic rings. The van der Waals surface area contributed by atoms with Crippen LogP contribution in [-0.4, -0.2) is 31.7 Å². The van der Waals surface area contributed by atoms with Crippen LogP contribution in [0, 0.1) is 0 Å². The van der Waals surface area contributed by atoms with Crippen LogP contribution < -0.4 is 0 Å². The third-order valence-electron chi connectivity index (χ3n) is 7.93. The first-order valence-corrected chi connectivity index (χ1v) is 18.6. The first-order chi connectivity index (χ1) is 19.9. The number of hydrogen-bond acceptors (Lipinski definition) is 4. The Balaban J connectivity index is 2.18. The van der Waals surface area contributed by atoms with Gasteiger partial charge in [0.1, 0.15) is 0 Å². The van der Waals surface area contributed by atoms with Gasteiger partial charge in [-0.15, -0.1) is 0 Å². The summed E-state index contributed by atoms with van der Waals surface area (Å²) >= 11 is -5.71. The Labute approximate surface area is 245 Å². The molecule has 0 heterocycles. The van der Waals surface area contributed by atoms with Gasteiger partial charge in [-0.2, -0.15) is 0 Å². The Morgan fingerprint density at radius 2 is 0.585 bits per heavy atom. The van der Waals surface area contributed by atoms with Gasteiger partial charge < -0.3 is 0 Å². The maximum atomic E-state index is 15.1. The van der Waals surface area contributed by atoms with Gasteiger partial charge in [-0.1, -0.05) is 0 Å². The fourth-order valence-corrected chi connectivity index (χ4v) is 13.7. The molecule has 0 aromatic heterocycles. The van der Waals surface area contributed by atoms with E-state index in [9.17, 15) is 0 Å². The van der Waals surface area contributed by atoms with Gasteiger partial charge in [0.05, 0.1) is 0 Å². The summed E-state index contributed by atoms with van der Waals surface area (Å²) in [4.78, 5) is 60.4. The molecular formula is C36H36GeO4. The first kappa shape index (κ1) is 30.1. The predicted octanol–water partition coefficient (Wildman–Crippen LogP) is 7.37. The number of aryl methyl sites for hydroxylation is 4. The predicted molar refractivity (Wildman–Crippen MR) is 166 cm³/mol. The molecule has 0 saturated heterocycles. The summed E-state index contributed by atoms with van der Waals surface area (Å²) in [5, 5.41) is 0. The molecule has 4 rings (SSSR count). The quantitative estimate of drug-likeness (QED) is 0.158. The van der Waals surface area contributed by atoms with Crippen molar-refractivity contribution in [2.45, 2.75) is 53.4 Å². The molecule has 0 fully saturated rings. The van der Waals surface area contributed by atoms with Crippen LogP contribution in [0.25, 0.3) is 0 Å². The molecule has 0 N–H and O–H groups in total. The van der Waals surface area contributed by atoms with Gasteiger partial charge in [0, 0.05) is 0 Å². The molecule has 0 amide bonds. The zero-order valence-corrected chi connectivity index (χ0v) is 26.3. The van der Waals surface area contributed by atoms with E-state index in [1.54, 1.807) is 48.5 Å². The second kappa shape index (κ2) is 13.2. The van der Waals surface area contributed by atoms with E-state index in [2.05, 4.69) is 0 Å². The van der Waals surface area contributed by atoms with E-state index in [4.69, 9.17) is 0 Å². The number of hydrogen-bond donors (Lipinski definition) is 0. The van der Waals surface area contributed by atoms with Crippen LogP contribution in [0.15, 0.2) is 97.1 Å². The van der Waals surface area contributed by atoms with E-state index in [1.165, 1.54) is 0 Å². The zero-order valence-electron chi connectivity index (χ0n) is 24.2. The standard InChI is InChI=1S/C36H36GeO4/c1-5-25-17-9-13-21-29(25)33(38)37(34(39)30-22-14-10-18-26(30)6-2,35(40)31-23-15-11-19-27(31)7-3)36(41)32-24-16-12-20-28(32)8-4/h9-24H,5-8H2,1-4H3. The van der Waals surface area contributed by atoms with Crippen LogP contribution in [0.1, 0.15) is 91.4 Å². The molecule has 208 valence electrons. The van der Waals surface area contributed by atoms with Gasteiger partial charge in [0.2, 0.25) is 0 Å². The number of carbonyl (C=O) groups excluding carboxylic acids is 4. The van der Waals surface area contributed by atoms with Crippen molar-refractivity contribution in [2.75, 3.05) is 0 Å². The van der Waals surface area contributed by atoms with E-state index in [0.717, 1.165) is 22.3 Å². The van der Waals surface area contributed by atoms with Gasteiger partial charge in [-0.05, 0) is 0 Å². The number of benzene rings is 4. The molecule has 4 nitrogen and oxygen atoms in total. The molecule has 0 saturated carbocycles. The Hall–Kier alpha value is -3.90. The minimum atomic E-state index is -5.71. The average Bonchev–Trinajstić information content (AvgIpc) is 3.04. The Morgan fingerprint density at radius 1 is 0.390 bits per heavy atom. The van der Waals surface area contributed by atoms with Crippen molar-refractivity contribution in [3.63, 3.8) is 0 Å². The fourth-order valence-electron chi connectivity index (χ4n) is 5.63. The summed E-state index contributed by atoms with van der Waals surface area (Å²) in [6, 6.07) is 28.3. The van der Waals surface area contributed by atoms with Crippen LogP contribution in [0.5, 0.6) is 0 Å². The normalized spacial score (nSPS) is 11.2. The van der Waals surface area contributed by atoms with E-state index >= 15 is 19.2 Å². The van der Waals surface area contributed by atoms with Crippen molar-refractivity contribution in [2.24, 2.45) is 0 Å². The maximum absolute atomic E-state index is 15.1. The first-order valence-electron chi connectivity index (χ1n) is 14.4. The van der Waals surface area contributed by atoms with E-state index < -0.39 is 31.7 Å². The van der Waals surface area contributed by atoms with Crippen molar-refractivity contribution < 1.29 is 19.2 Å². The molecule has 0 radical (unpaired) electrons. The van der Waals surface area contributed by atoms with E-state index in [-0.39, 0.29) is 0 Å². The Morgan fingerprint density at radius 3 is 0.780 bits per heavy atom. The molecule has 0 atom stereocenters. The summed E-state index contributed by atoms with van der Waals surface area (Å²) in [7, 11) is 0. The summed E-state index contributed by atoms with van der Waals surface area (Å²) < 4.78 is -2.37. The molecule has 0 spiro atoms. The van der Waals surface area contributed by atoms with Crippen molar-refractivity contribution >= 4 is 31.7 Å². The van der Waals surface area contributed by atoms with Gasteiger partial charge >= 0.3 is 246 Å². The van der Waals surface area contributed by atoms with Gasteiger partial charge in [0.15, 0.2) is 0 Å². The van der Waals surface area contributed by atoms with Gasteiger partial charge in [-0.3, -0.25) is 0 Å². The molecule has 5 heteroatoms. The summed E-state index contributed by atoms with van der Waals surface area (Å²) in [6.45, 7) is 7.71. The van der Waals surface area contributed by atoms with Crippen molar-refractivity contribution in [1.82, 2.24) is 0 Å². The van der Waals surface area contributed by atoms with E-state index in [0.29, 0.717) is 47.9 Å². The molecule has 0 aliphatic carbocycles. The summed E-state index contributed by atoms with van der Waals surface area (Å²) in [5.41, 5.74) is 4.05. The van der Waals surface area contributed by atoms with Crippen LogP contribution in [-0.2, 0) is 25.7 Å². The van der Waals surface area contributed by atoms with Crippen LogP contribution in [0.2, 0.25) is 0 Å². The molecular weight excluding hydrogens is 569 g/mol. The monoisotopic (exact) mass is 606 g/mol. The minimum absolute atomic E-state index is 0.294. The zero-order chi connectivity index (χ0) is 29.6. The van der Waals surface area contributed by atoms with Crippen LogP contribution in [0.3, 0.4) is 0 Å². The molecule has 41 heavy (non-hydrogen) atoms. The summed E-state index contributed by atoms with van der Waals surface area (Å²) in [5.74, 6) is 0. The molecule has 4 aromatic rings. The second-order valence-corrected chi connectivity index (χ2v) is 17.1. The van der Waals surface area contributed by atoms with Crippen molar-refractivity contribution in [1.29, 1.82) is 0 Å². The van der Waals surface area contributed by atoms with Crippen molar-refractivity contribution in [3.05, 3.63) is 142 Å².